The Morgan fingerprint density at radius 2 is 1.62 bits per heavy atom. The summed E-state index contributed by atoms with van der Waals surface area (Å²) in [6.07, 6.45) is -0.529. The fourth-order valence-electron chi connectivity index (χ4n) is 3.31. The molecule has 3 aromatic carbocycles. The summed E-state index contributed by atoms with van der Waals surface area (Å²) in [7, 11) is 0. The number of aliphatic hydroxyl groups is 1. The lowest BCUT2D eigenvalue weighted by Gasteiger charge is -2.17. The van der Waals surface area contributed by atoms with E-state index < -0.39 is 6.10 Å². The predicted octanol–water partition coefficient (Wildman–Crippen LogP) is 5.97. The molecule has 0 aliphatic carbocycles. The number of allylic oxidation sites excluding steroid dienone is 1. The van der Waals surface area contributed by atoms with E-state index in [1.807, 2.05) is 73.7 Å². The van der Waals surface area contributed by atoms with E-state index in [-0.39, 0.29) is 11.7 Å². The molecule has 1 fully saturated rings. The summed E-state index contributed by atoms with van der Waals surface area (Å²) in [6.45, 7) is 4.22. The van der Waals surface area contributed by atoms with Gasteiger partial charge in [0.05, 0.1) is 6.10 Å². The predicted molar refractivity (Wildman–Crippen MR) is 111 cm³/mol. The molecule has 0 spiro atoms. The lowest BCUT2D eigenvalue weighted by atomic mass is 9.95. The van der Waals surface area contributed by atoms with Gasteiger partial charge in [-0.1, -0.05) is 61.5 Å². The summed E-state index contributed by atoms with van der Waals surface area (Å²) in [5, 5.41) is 9.66. The molecule has 1 heterocycles. The smallest absolute Gasteiger partial charge is 0.173 e. The summed E-state index contributed by atoms with van der Waals surface area (Å²) in [6, 6.07) is 22.1. The van der Waals surface area contributed by atoms with Gasteiger partial charge in [-0.05, 0) is 41.8 Å². The first kappa shape index (κ1) is 19.2. The summed E-state index contributed by atoms with van der Waals surface area (Å²) < 4.78 is 26.3. The van der Waals surface area contributed by atoms with Crippen LogP contribution in [0.1, 0.15) is 37.0 Å². The maximum atomic E-state index is 14.8. The molecule has 0 aromatic heterocycles. The first-order chi connectivity index (χ1) is 14.0. The molecule has 2 unspecified atom stereocenters. The minimum Gasteiger partial charge on any atom is -0.483 e. The molecule has 0 amide bonds. The molecule has 1 aliphatic rings. The Balaban J connectivity index is 1.57. The van der Waals surface area contributed by atoms with Crippen molar-refractivity contribution in [3.8, 4) is 16.9 Å². The highest BCUT2D eigenvalue weighted by molar-refractivity contribution is 5.64. The molecule has 2 atom stereocenters. The maximum Gasteiger partial charge on any atom is 0.173 e. The van der Waals surface area contributed by atoms with Gasteiger partial charge in [-0.2, -0.15) is 0 Å². The Labute approximate surface area is 170 Å². The Morgan fingerprint density at radius 1 is 0.966 bits per heavy atom. The largest absolute Gasteiger partial charge is 0.483 e. The quantitative estimate of drug-likeness (QED) is 0.416. The molecule has 1 N–H and O–H groups in total. The standard InChI is InChI=1S/C25H23FO3/c1-16(20-10-13-22(23(26)14-20)19-6-4-3-5-7-19)25(24-15-28-24)29-21-11-8-18(9-12-21)17(2)27/h3-14,16-17,27H,15H2,1-2H3. The van der Waals surface area contributed by atoms with Crippen LogP contribution in [0.2, 0.25) is 0 Å². The Morgan fingerprint density at radius 3 is 2.21 bits per heavy atom. The number of halogens is 1. The average Bonchev–Trinajstić information content (AvgIpc) is 3.57. The van der Waals surface area contributed by atoms with Crippen molar-refractivity contribution < 1.29 is 19.0 Å². The monoisotopic (exact) mass is 390 g/mol. The minimum atomic E-state index is -0.529. The van der Waals surface area contributed by atoms with E-state index in [9.17, 15) is 9.50 Å². The molecule has 0 radical (unpaired) electrons. The molecule has 4 rings (SSSR count). The van der Waals surface area contributed by atoms with Crippen LogP contribution in [0.4, 0.5) is 4.39 Å². The molecular formula is C25H23FO3. The normalized spacial score (nSPS) is 16.6. The van der Waals surface area contributed by atoms with Crippen molar-refractivity contribution in [1.29, 1.82) is 0 Å². The lowest BCUT2D eigenvalue weighted by Crippen LogP contribution is -2.07. The van der Waals surface area contributed by atoms with Crippen molar-refractivity contribution in [3.05, 3.63) is 101 Å². The lowest BCUT2D eigenvalue weighted by molar-refractivity contribution is 0.199. The van der Waals surface area contributed by atoms with Crippen molar-refractivity contribution >= 4 is 0 Å². The van der Waals surface area contributed by atoms with Crippen molar-refractivity contribution in [3.63, 3.8) is 0 Å². The van der Waals surface area contributed by atoms with Crippen molar-refractivity contribution in [2.75, 3.05) is 6.61 Å². The van der Waals surface area contributed by atoms with Gasteiger partial charge in [0.1, 0.15) is 18.2 Å². The van der Waals surface area contributed by atoms with Crippen LogP contribution in [0, 0.1) is 5.82 Å². The average molecular weight is 390 g/mol. The van der Waals surface area contributed by atoms with E-state index in [0.29, 0.717) is 23.7 Å². The first-order valence-corrected chi connectivity index (χ1v) is 9.69. The van der Waals surface area contributed by atoms with Crippen LogP contribution in [-0.2, 0) is 4.74 Å². The zero-order valence-corrected chi connectivity index (χ0v) is 16.4. The minimum absolute atomic E-state index is 0.164. The number of epoxide rings is 1. The Hall–Kier alpha value is -3.11. The third kappa shape index (κ3) is 4.33. The molecule has 3 aromatic rings. The van der Waals surface area contributed by atoms with E-state index in [4.69, 9.17) is 9.47 Å². The van der Waals surface area contributed by atoms with Gasteiger partial charge in [0.15, 0.2) is 11.5 Å². The van der Waals surface area contributed by atoms with Crippen LogP contribution in [0.3, 0.4) is 0 Å². The van der Waals surface area contributed by atoms with E-state index in [1.165, 1.54) is 0 Å². The van der Waals surface area contributed by atoms with Crippen LogP contribution >= 0.6 is 0 Å². The number of rotatable bonds is 6. The molecule has 0 bridgehead atoms. The fraction of sp³-hybridized carbons (Fsp3) is 0.200. The second kappa shape index (κ2) is 8.10. The molecular weight excluding hydrogens is 367 g/mol. The molecule has 0 saturated carbocycles. The Kier molecular flexibility index (Phi) is 5.36. The highest BCUT2D eigenvalue weighted by atomic mass is 19.1. The number of hydrogen-bond acceptors (Lipinski definition) is 3. The van der Waals surface area contributed by atoms with Crippen LogP contribution in [0.25, 0.3) is 11.1 Å². The topological polar surface area (TPSA) is 42.0 Å². The molecule has 1 saturated heterocycles. The van der Waals surface area contributed by atoms with Crippen LogP contribution < -0.4 is 4.74 Å². The van der Waals surface area contributed by atoms with Gasteiger partial charge in [-0.25, -0.2) is 4.39 Å². The summed E-state index contributed by atoms with van der Waals surface area (Å²) in [4.78, 5) is 0. The van der Waals surface area contributed by atoms with Crippen LogP contribution in [-0.4, -0.2) is 11.7 Å². The SMILES string of the molecule is CC(O)c1ccc(OC(=C2CO2)C(C)c2ccc(-c3ccccc3)c(F)c2)cc1. The summed E-state index contributed by atoms with van der Waals surface area (Å²) >= 11 is 0. The van der Waals surface area contributed by atoms with E-state index in [1.54, 1.807) is 13.0 Å². The highest BCUT2D eigenvalue weighted by Gasteiger charge is 2.28. The maximum absolute atomic E-state index is 14.8. The second-order valence-electron chi connectivity index (χ2n) is 7.25. The third-order valence-corrected chi connectivity index (χ3v) is 5.13. The van der Waals surface area contributed by atoms with Crippen LogP contribution in [0.15, 0.2) is 84.3 Å². The Bertz CT molecular complexity index is 1020. The zero-order chi connectivity index (χ0) is 20.4. The van der Waals surface area contributed by atoms with E-state index in [2.05, 4.69) is 0 Å². The second-order valence-corrected chi connectivity index (χ2v) is 7.25. The number of benzene rings is 3. The van der Waals surface area contributed by atoms with E-state index >= 15 is 0 Å². The fourth-order valence-corrected chi connectivity index (χ4v) is 3.31. The van der Waals surface area contributed by atoms with Gasteiger partial charge < -0.3 is 14.6 Å². The number of ether oxygens (including phenoxy) is 2. The van der Waals surface area contributed by atoms with Gasteiger partial charge in [0.2, 0.25) is 0 Å². The van der Waals surface area contributed by atoms with Gasteiger partial charge in [0, 0.05) is 11.5 Å². The van der Waals surface area contributed by atoms with Crippen LogP contribution in [0.5, 0.6) is 5.75 Å². The van der Waals surface area contributed by atoms with E-state index in [0.717, 1.165) is 22.4 Å². The molecule has 148 valence electrons. The summed E-state index contributed by atoms with van der Waals surface area (Å²) in [5.74, 6) is 1.69. The van der Waals surface area contributed by atoms with Gasteiger partial charge in [-0.3, -0.25) is 0 Å². The molecule has 3 nitrogen and oxygen atoms in total. The van der Waals surface area contributed by atoms with Crippen molar-refractivity contribution in [2.45, 2.75) is 25.9 Å². The number of aliphatic hydroxyl groups excluding tert-OH is 1. The molecule has 4 heteroatoms. The third-order valence-electron chi connectivity index (χ3n) is 5.13. The molecule has 1 aliphatic heterocycles. The van der Waals surface area contributed by atoms with Crippen molar-refractivity contribution in [1.82, 2.24) is 0 Å². The highest BCUT2D eigenvalue weighted by Crippen LogP contribution is 2.35. The molecule has 29 heavy (non-hydrogen) atoms. The van der Waals surface area contributed by atoms with Gasteiger partial charge in [-0.15, -0.1) is 0 Å². The van der Waals surface area contributed by atoms with Gasteiger partial charge >= 0.3 is 0 Å². The van der Waals surface area contributed by atoms with Gasteiger partial charge in [0.25, 0.3) is 0 Å². The zero-order valence-electron chi connectivity index (χ0n) is 16.4. The number of hydrogen-bond donors (Lipinski definition) is 1. The summed E-state index contributed by atoms with van der Waals surface area (Å²) in [5.41, 5.74) is 3.07. The van der Waals surface area contributed by atoms with Crippen molar-refractivity contribution in [2.24, 2.45) is 0 Å². The first-order valence-electron chi connectivity index (χ1n) is 9.69.